The molecule has 0 aliphatic heterocycles. The Morgan fingerprint density at radius 1 is 1.00 bits per heavy atom. The first kappa shape index (κ1) is 23.2. The number of nitrogens with one attached hydrogen (secondary N) is 1. The van der Waals surface area contributed by atoms with Crippen LogP contribution in [-0.4, -0.2) is 29.3 Å². The Bertz CT molecular complexity index is 1070. The van der Waals surface area contributed by atoms with Crippen LogP contribution in [0, 0.1) is 13.8 Å². The molecule has 33 heavy (non-hydrogen) atoms. The molecule has 2 amide bonds. The average Bonchev–Trinajstić information content (AvgIpc) is 3.52. The second-order valence-electron chi connectivity index (χ2n) is 9.02. The number of carbonyl (C=O) groups excluding carboxylic acids is 2. The van der Waals surface area contributed by atoms with Crippen molar-refractivity contribution in [2.75, 3.05) is 6.54 Å². The van der Waals surface area contributed by atoms with Gasteiger partial charge in [0.05, 0.1) is 4.88 Å². The minimum absolute atomic E-state index is 0.0834. The maximum absolute atomic E-state index is 13.7. The van der Waals surface area contributed by atoms with Gasteiger partial charge in [0, 0.05) is 12.6 Å². The predicted octanol–water partition coefficient (Wildman–Crippen LogP) is 5.85. The summed E-state index contributed by atoms with van der Waals surface area (Å²) in [7, 11) is 0. The molecule has 1 fully saturated rings. The van der Waals surface area contributed by atoms with Gasteiger partial charge in [-0.2, -0.15) is 0 Å². The van der Waals surface area contributed by atoms with Gasteiger partial charge >= 0.3 is 0 Å². The number of hydrogen-bond donors (Lipinski definition) is 1. The van der Waals surface area contributed by atoms with Crippen LogP contribution >= 0.6 is 11.3 Å². The highest BCUT2D eigenvalue weighted by atomic mass is 32.1. The van der Waals surface area contributed by atoms with Crippen LogP contribution in [0.25, 0.3) is 0 Å². The highest BCUT2D eigenvalue weighted by Crippen LogP contribution is 2.27. The first-order valence-corrected chi connectivity index (χ1v) is 12.7. The molecule has 0 bridgehead atoms. The molecule has 0 spiro atoms. The summed E-state index contributed by atoms with van der Waals surface area (Å²) < 4.78 is 0. The van der Waals surface area contributed by atoms with Crippen LogP contribution in [0.5, 0.6) is 0 Å². The van der Waals surface area contributed by atoms with E-state index in [1.165, 1.54) is 16.9 Å². The number of thiophene rings is 1. The SMILES string of the molecule is Cc1ccc([C@H](C(=O)NC2CCCC2)N(CCc2cccc(C)c2)C(=O)c2cccs2)cc1. The fraction of sp³-hybridized carbons (Fsp3) is 0.357. The van der Waals surface area contributed by atoms with Crippen molar-refractivity contribution in [3.63, 3.8) is 0 Å². The lowest BCUT2D eigenvalue weighted by atomic mass is 10.0. The van der Waals surface area contributed by atoms with Gasteiger partial charge in [-0.3, -0.25) is 9.59 Å². The van der Waals surface area contributed by atoms with Crippen LogP contribution in [0.3, 0.4) is 0 Å². The summed E-state index contributed by atoms with van der Waals surface area (Å²) in [6.07, 6.45) is 5.00. The Kier molecular flexibility index (Phi) is 7.61. The molecule has 1 N–H and O–H groups in total. The third-order valence-electron chi connectivity index (χ3n) is 6.37. The van der Waals surface area contributed by atoms with Gasteiger partial charge in [-0.25, -0.2) is 0 Å². The molecule has 0 saturated heterocycles. The summed E-state index contributed by atoms with van der Waals surface area (Å²) in [6.45, 7) is 4.57. The summed E-state index contributed by atoms with van der Waals surface area (Å²) >= 11 is 1.42. The molecule has 4 nitrogen and oxygen atoms in total. The largest absolute Gasteiger partial charge is 0.351 e. The Balaban J connectivity index is 1.67. The summed E-state index contributed by atoms with van der Waals surface area (Å²) in [6, 6.07) is 19.6. The Morgan fingerprint density at radius 3 is 2.42 bits per heavy atom. The van der Waals surface area contributed by atoms with Gasteiger partial charge in [0.2, 0.25) is 5.91 Å². The molecule has 0 unspecified atom stereocenters. The lowest BCUT2D eigenvalue weighted by Crippen LogP contribution is -2.46. The minimum atomic E-state index is -0.661. The van der Waals surface area contributed by atoms with Gasteiger partial charge < -0.3 is 10.2 Å². The molecule has 1 saturated carbocycles. The second kappa shape index (κ2) is 10.8. The number of rotatable bonds is 8. The number of benzene rings is 2. The van der Waals surface area contributed by atoms with Crippen molar-refractivity contribution in [2.24, 2.45) is 0 Å². The molecular weight excluding hydrogens is 428 g/mol. The molecule has 1 aliphatic rings. The Labute approximate surface area is 200 Å². The van der Waals surface area contributed by atoms with Gasteiger partial charge in [-0.1, -0.05) is 78.6 Å². The fourth-order valence-corrected chi connectivity index (χ4v) is 5.26. The first-order chi connectivity index (χ1) is 16.0. The number of carbonyl (C=O) groups is 2. The van der Waals surface area contributed by atoms with E-state index in [2.05, 4.69) is 30.4 Å². The van der Waals surface area contributed by atoms with E-state index in [0.29, 0.717) is 17.8 Å². The van der Waals surface area contributed by atoms with Crippen LogP contribution in [0.2, 0.25) is 0 Å². The summed E-state index contributed by atoms with van der Waals surface area (Å²) in [4.78, 5) is 29.8. The van der Waals surface area contributed by atoms with Gasteiger partial charge in [-0.05, 0) is 55.7 Å². The highest BCUT2D eigenvalue weighted by molar-refractivity contribution is 7.12. The van der Waals surface area contributed by atoms with E-state index >= 15 is 0 Å². The number of amides is 2. The van der Waals surface area contributed by atoms with E-state index in [1.807, 2.05) is 54.8 Å². The van der Waals surface area contributed by atoms with Crippen molar-refractivity contribution in [2.45, 2.75) is 58.0 Å². The fourth-order valence-electron chi connectivity index (χ4n) is 4.58. The molecule has 1 aliphatic carbocycles. The van der Waals surface area contributed by atoms with E-state index in [4.69, 9.17) is 0 Å². The maximum atomic E-state index is 13.7. The predicted molar refractivity (Wildman–Crippen MR) is 135 cm³/mol. The molecule has 1 heterocycles. The van der Waals surface area contributed by atoms with E-state index in [-0.39, 0.29) is 17.9 Å². The first-order valence-electron chi connectivity index (χ1n) is 11.8. The molecule has 172 valence electrons. The quantitative estimate of drug-likeness (QED) is 0.458. The third kappa shape index (κ3) is 5.91. The van der Waals surface area contributed by atoms with E-state index in [1.54, 1.807) is 4.90 Å². The second-order valence-corrected chi connectivity index (χ2v) is 9.97. The average molecular weight is 461 g/mol. The lowest BCUT2D eigenvalue weighted by Gasteiger charge is -2.32. The van der Waals surface area contributed by atoms with Gasteiger partial charge in [0.25, 0.3) is 5.91 Å². The molecule has 2 aromatic carbocycles. The third-order valence-corrected chi connectivity index (χ3v) is 7.23. The molecular formula is C28H32N2O2S. The topological polar surface area (TPSA) is 49.4 Å². The van der Waals surface area contributed by atoms with E-state index in [0.717, 1.165) is 42.4 Å². The highest BCUT2D eigenvalue weighted by Gasteiger charge is 2.33. The van der Waals surface area contributed by atoms with Crippen LogP contribution < -0.4 is 5.32 Å². The zero-order valence-electron chi connectivity index (χ0n) is 19.4. The van der Waals surface area contributed by atoms with E-state index in [9.17, 15) is 9.59 Å². The van der Waals surface area contributed by atoms with Crippen molar-refractivity contribution < 1.29 is 9.59 Å². The molecule has 5 heteroatoms. The van der Waals surface area contributed by atoms with Crippen LogP contribution in [0.1, 0.15) is 63.7 Å². The van der Waals surface area contributed by atoms with Crippen molar-refractivity contribution >= 4 is 23.2 Å². The zero-order valence-corrected chi connectivity index (χ0v) is 20.2. The summed E-state index contributed by atoms with van der Waals surface area (Å²) in [5.74, 6) is -0.176. The van der Waals surface area contributed by atoms with Crippen LogP contribution in [0.4, 0.5) is 0 Å². The summed E-state index contributed by atoms with van der Waals surface area (Å²) in [5, 5.41) is 5.16. The summed E-state index contributed by atoms with van der Waals surface area (Å²) in [5.41, 5.74) is 4.34. The standard InChI is InChI=1S/C28H32N2O2S/c1-20-12-14-23(15-13-20)26(27(31)29-24-9-3-4-10-24)30(28(32)25-11-6-18-33-25)17-16-22-8-5-7-21(2)19-22/h5-8,11-15,18-19,24,26H,3-4,9-10,16-17H2,1-2H3,(H,29,31)/t26-/m1/s1. The Hall–Kier alpha value is -2.92. The van der Waals surface area contributed by atoms with Gasteiger partial charge in [0.15, 0.2) is 0 Å². The maximum Gasteiger partial charge on any atom is 0.264 e. The molecule has 1 atom stereocenters. The van der Waals surface area contributed by atoms with Crippen molar-refractivity contribution in [3.05, 3.63) is 93.2 Å². The van der Waals surface area contributed by atoms with Gasteiger partial charge in [0.1, 0.15) is 6.04 Å². The van der Waals surface area contributed by atoms with Crippen LogP contribution in [0.15, 0.2) is 66.0 Å². The Morgan fingerprint density at radius 2 is 1.76 bits per heavy atom. The molecule has 3 aromatic rings. The number of nitrogens with zero attached hydrogens (tertiary/aromatic N) is 1. The molecule has 4 rings (SSSR count). The molecule has 1 aromatic heterocycles. The van der Waals surface area contributed by atoms with Gasteiger partial charge in [-0.15, -0.1) is 11.3 Å². The van der Waals surface area contributed by atoms with Crippen LogP contribution in [-0.2, 0) is 11.2 Å². The normalized spacial score (nSPS) is 14.7. The lowest BCUT2D eigenvalue weighted by molar-refractivity contribution is -0.126. The minimum Gasteiger partial charge on any atom is -0.351 e. The van der Waals surface area contributed by atoms with Crippen molar-refractivity contribution in [1.29, 1.82) is 0 Å². The van der Waals surface area contributed by atoms with E-state index < -0.39 is 6.04 Å². The van der Waals surface area contributed by atoms with Crippen molar-refractivity contribution in [3.8, 4) is 0 Å². The van der Waals surface area contributed by atoms with Crippen molar-refractivity contribution in [1.82, 2.24) is 10.2 Å². The number of aryl methyl sites for hydroxylation is 2. The number of hydrogen-bond acceptors (Lipinski definition) is 3. The smallest absolute Gasteiger partial charge is 0.264 e. The monoisotopic (exact) mass is 460 g/mol. The zero-order chi connectivity index (χ0) is 23.2. The molecule has 0 radical (unpaired) electrons.